The Morgan fingerprint density at radius 1 is 1.16 bits per heavy atom. The van der Waals surface area contributed by atoms with E-state index in [1.54, 1.807) is 0 Å². The number of carboxylic acid groups (broad SMARTS) is 1. The second kappa shape index (κ2) is 8.48. The van der Waals surface area contributed by atoms with Crippen LogP contribution < -0.4 is 5.32 Å². The minimum Gasteiger partial charge on any atom is -0.480 e. The lowest BCUT2D eigenvalue weighted by Crippen LogP contribution is -2.47. The third-order valence-corrected chi connectivity index (χ3v) is 5.64. The first-order chi connectivity index (χ1) is 12.1. The maximum absolute atomic E-state index is 12.3. The summed E-state index contributed by atoms with van der Waals surface area (Å²) in [5.74, 6) is -0.391. The van der Waals surface area contributed by atoms with Crippen LogP contribution in [0.25, 0.3) is 0 Å². The molecule has 3 rings (SSSR count). The fourth-order valence-corrected chi connectivity index (χ4v) is 4.41. The summed E-state index contributed by atoms with van der Waals surface area (Å²) in [7, 11) is 0. The van der Waals surface area contributed by atoms with Crippen LogP contribution in [0, 0.1) is 5.92 Å². The number of nitrogens with zero attached hydrogens (tertiary/aromatic N) is 1. The molecule has 5 heteroatoms. The summed E-state index contributed by atoms with van der Waals surface area (Å²) in [5.41, 5.74) is 1.27. The third-order valence-electron chi connectivity index (χ3n) is 5.64. The molecule has 1 saturated carbocycles. The first kappa shape index (κ1) is 17.9. The van der Waals surface area contributed by atoms with Crippen LogP contribution >= 0.6 is 0 Å². The highest BCUT2D eigenvalue weighted by Crippen LogP contribution is 2.39. The van der Waals surface area contributed by atoms with Crippen LogP contribution in [0.3, 0.4) is 0 Å². The van der Waals surface area contributed by atoms with E-state index in [9.17, 15) is 14.7 Å². The number of carbonyl (C=O) groups excluding carboxylic acids is 1. The number of carbonyl (C=O) groups is 2. The average Bonchev–Trinajstić information content (AvgIpc) is 2.99. The highest BCUT2D eigenvalue weighted by molar-refractivity contribution is 5.80. The molecule has 5 nitrogen and oxygen atoms in total. The van der Waals surface area contributed by atoms with Crippen LogP contribution in [0.15, 0.2) is 30.3 Å². The summed E-state index contributed by atoms with van der Waals surface area (Å²) < 4.78 is 0. The molecule has 1 heterocycles. The highest BCUT2D eigenvalue weighted by Gasteiger charge is 2.45. The fourth-order valence-electron chi connectivity index (χ4n) is 4.41. The molecule has 0 spiro atoms. The monoisotopic (exact) mass is 344 g/mol. The van der Waals surface area contributed by atoms with Gasteiger partial charge in [-0.05, 0) is 43.6 Å². The predicted octanol–water partition coefficient (Wildman–Crippen LogP) is 2.45. The maximum Gasteiger partial charge on any atom is 0.320 e. The van der Waals surface area contributed by atoms with Gasteiger partial charge in [0, 0.05) is 12.6 Å². The van der Waals surface area contributed by atoms with Crippen molar-refractivity contribution in [3.8, 4) is 0 Å². The molecule has 3 atom stereocenters. The second-order valence-corrected chi connectivity index (χ2v) is 7.31. The Labute approximate surface area is 149 Å². The molecule has 1 amide bonds. The number of aliphatic carboxylic acids is 1. The molecule has 0 bridgehead atoms. The molecule has 2 aliphatic rings. The standard InChI is InChI=1S/C20H28N2O3/c23-19(21-12-6-9-15-7-2-1-3-8-15)14-22-17-11-5-4-10-16(17)13-18(22)20(24)25/h1-3,7-8,16-18H,4-6,9-14H2,(H,21,23)(H,24,25)/t16-,17+,18-/m0/s1. The van der Waals surface area contributed by atoms with Crippen molar-refractivity contribution in [2.24, 2.45) is 5.92 Å². The third kappa shape index (κ3) is 4.60. The second-order valence-electron chi connectivity index (χ2n) is 7.31. The molecule has 1 aromatic rings. The number of nitrogens with one attached hydrogen (secondary N) is 1. The first-order valence-corrected chi connectivity index (χ1v) is 9.44. The highest BCUT2D eigenvalue weighted by atomic mass is 16.4. The summed E-state index contributed by atoms with van der Waals surface area (Å²) in [6.45, 7) is 0.844. The number of carboxylic acids is 1. The molecule has 2 fully saturated rings. The average molecular weight is 344 g/mol. The summed E-state index contributed by atoms with van der Waals surface area (Å²) in [6.07, 6.45) is 6.98. The van der Waals surface area contributed by atoms with Gasteiger partial charge in [0.1, 0.15) is 6.04 Å². The van der Waals surface area contributed by atoms with Crippen molar-refractivity contribution >= 4 is 11.9 Å². The minimum atomic E-state index is -0.786. The van der Waals surface area contributed by atoms with Crippen LogP contribution in [0.2, 0.25) is 0 Å². The van der Waals surface area contributed by atoms with E-state index in [0.717, 1.165) is 32.1 Å². The summed E-state index contributed by atoms with van der Waals surface area (Å²) in [4.78, 5) is 25.8. The minimum absolute atomic E-state index is 0.0504. The largest absolute Gasteiger partial charge is 0.480 e. The van der Waals surface area contributed by atoms with Crippen molar-refractivity contribution in [3.63, 3.8) is 0 Å². The van der Waals surface area contributed by atoms with E-state index in [2.05, 4.69) is 17.4 Å². The summed E-state index contributed by atoms with van der Waals surface area (Å²) in [6, 6.07) is 9.99. The van der Waals surface area contributed by atoms with Crippen molar-refractivity contribution < 1.29 is 14.7 Å². The van der Waals surface area contributed by atoms with E-state index in [4.69, 9.17) is 0 Å². The number of benzene rings is 1. The van der Waals surface area contributed by atoms with Crippen LogP contribution in [0.5, 0.6) is 0 Å². The molecule has 0 unspecified atom stereocenters. The van der Waals surface area contributed by atoms with E-state index in [1.165, 1.54) is 12.0 Å². The molecular weight excluding hydrogens is 316 g/mol. The van der Waals surface area contributed by atoms with Gasteiger partial charge in [-0.15, -0.1) is 0 Å². The maximum atomic E-state index is 12.3. The molecule has 25 heavy (non-hydrogen) atoms. The van der Waals surface area contributed by atoms with Crippen molar-refractivity contribution in [1.29, 1.82) is 0 Å². The van der Waals surface area contributed by atoms with Gasteiger partial charge < -0.3 is 10.4 Å². The molecule has 1 saturated heterocycles. The number of aryl methyl sites for hydroxylation is 1. The number of rotatable bonds is 7. The van der Waals surface area contributed by atoms with Crippen molar-refractivity contribution in [3.05, 3.63) is 35.9 Å². The molecule has 1 aliphatic carbocycles. The van der Waals surface area contributed by atoms with Gasteiger partial charge in [-0.1, -0.05) is 43.2 Å². The Morgan fingerprint density at radius 3 is 2.68 bits per heavy atom. The Bertz CT molecular complexity index is 590. The van der Waals surface area contributed by atoms with Gasteiger partial charge >= 0.3 is 5.97 Å². The zero-order valence-electron chi connectivity index (χ0n) is 14.7. The topological polar surface area (TPSA) is 69.6 Å². The number of hydrogen-bond donors (Lipinski definition) is 2. The molecule has 136 valence electrons. The lowest BCUT2D eigenvalue weighted by atomic mass is 9.85. The van der Waals surface area contributed by atoms with Crippen LogP contribution in [0.4, 0.5) is 0 Å². The number of fused-ring (bicyclic) bond motifs is 1. The van der Waals surface area contributed by atoms with Crippen LogP contribution in [0.1, 0.15) is 44.1 Å². The van der Waals surface area contributed by atoms with Crippen molar-refractivity contribution in [2.45, 2.75) is 57.0 Å². The van der Waals surface area contributed by atoms with Gasteiger partial charge in [-0.3, -0.25) is 14.5 Å². The van der Waals surface area contributed by atoms with Gasteiger partial charge in [0.25, 0.3) is 0 Å². The quantitative estimate of drug-likeness (QED) is 0.746. The number of amides is 1. The molecule has 0 radical (unpaired) electrons. The zero-order valence-corrected chi connectivity index (χ0v) is 14.7. The van der Waals surface area contributed by atoms with Gasteiger partial charge in [0.15, 0.2) is 0 Å². The molecule has 1 aromatic carbocycles. The van der Waals surface area contributed by atoms with E-state index >= 15 is 0 Å². The Hall–Kier alpha value is -1.88. The van der Waals surface area contributed by atoms with Crippen molar-refractivity contribution in [1.82, 2.24) is 10.2 Å². The predicted molar refractivity (Wildman–Crippen MR) is 96.3 cm³/mol. The fraction of sp³-hybridized carbons (Fsp3) is 0.600. The first-order valence-electron chi connectivity index (χ1n) is 9.44. The van der Waals surface area contributed by atoms with E-state index in [1.807, 2.05) is 23.1 Å². The van der Waals surface area contributed by atoms with Gasteiger partial charge in [0.05, 0.1) is 6.54 Å². The van der Waals surface area contributed by atoms with Crippen molar-refractivity contribution in [2.75, 3.05) is 13.1 Å². The van der Waals surface area contributed by atoms with E-state index in [-0.39, 0.29) is 18.5 Å². The van der Waals surface area contributed by atoms with E-state index in [0.29, 0.717) is 18.9 Å². The SMILES string of the molecule is O=C(CN1[C@@H]2CCCC[C@H]2C[C@H]1C(=O)O)NCCCc1ccccc1. The summed E-state index contributed by atoms with van der Waals surface area (Å²) in [5, 5.41) is 12.5. The zero-order chi connectivity index (χ0) is 17.6. The number of hydrogen-bond acceptors (Lipinski definition) is 3. The Kier molecular flexibility index (Phi) is 6.08. The Balaban J connectivity index is 1.46. The van der Waals surface area contributed by atoms with Crippen LogP contribution in [-0.4, -0.2) is 47.1 Å². The van der Waals surface area contributed by atoms with E-state index < -0.39 is 12.0 Å². The molecule has 1 aliphatic heterocycles. The molecule has 0 aromatic heterocycles. The lowest BCUT2D eigenvalue weighted by molar-refractivity contribution is -0.143. The normalized spacial score (nSPS) is 26.2. The smallest absolute Gasteiger partial charge is 0.320 e. The summed E-state index contributed by atoms with van der Waals surface area (Å²) >= 11 is 0. The van der Waals surface area contributed by atoms with Gasteiger partial charge in [-0.25, -0.2) is 0 Å². The number of likely N-dealkylation sites (tertiary alicyclic amines) is 1. The lowest BCUT2D eigenvalue weighted by Gasteiger charge is -2.32. The molecule has 2 N–H and O–H groups in total. The van der Waals surface area contributed by atoms with Crippen LogP contribution in [-0.2, 0) is 16.0 Å². The van der Waals surface area contributed by atoms with Gasteiger partial charge in [-0.2, -0.15) is 0 Å². The Morgan fingerprint density at radius 2 is 1.92 bits per heavy atom. The molecular formula is C20H28N2O3. The van der Waals surface area contributed by atoms with Gasteiger partial charge in [0.2, 0.25) is 5.91 Å².